The maximum Gasteiger partial charge on any atom is 0.224 e. The highest BCUT2D eigenvalue weighted by Gasteiger charge is 2.16. The summed E-state index contributed by atoms with van der Waals surface area (Å²) in [5, 5.41) is 3.49. The van der Waals surface area contributed by atoms with E-state index in [2.05, 4.69) is 27.2 Å². The lowest BCUT2D eigenvalue weighted by atomic mass is 9.97. The first-order chi connectivity index (χ1) is 8.15. The highest BCUT2D eigenvalue weighted by molar-refractivity contribution is 6.28. The maximum atomic E-state index is 5.77. The first-order valence-corrected chi connectivity index (χ1v) is 6.23. The summed E-state index contributed by atoms with van der Waals surface area (Å²) < 4.78 is 0. The molecule has 94 valence electrons. The zero-order valence-electron chi connectivity index (χ0n) is 9.99. The van der Waals surface area contributed by atoms with E-state index >= 15 is 0 Å². The molecule has 3 N–H and O–H groups in total. The van der Waals surface area contributed by atoms with Crippen LogP contribution in [-0.4, -0.2) is 41.5 Å². The van der Waals surface area contributed by atoms with Gasteiger partial charge in [-0.15, -0.1) is 0 Å². The van der Waals surface area contributed by atoms with Crippen LogP contribution in [0.1, 0.15) is 12.8 Å². The Morgan fingerprint density at radius 3 is 2.94 bits per heavy atom. The topological polar surface area (TPSA) is 67.1 Å². The Hall–Kier alpha value is -1.07. The van der Waals surface area contributed by atoms with E-state index in [1.165, 1.54) is 19.0 Å². The summed E-state index contributed by atoms with van der Waals surface area (Å²) in [6.07, 6.45) is 3.96. The number of nitrogens with one attached hydrogen (secondary N) is 1. The lowest BCUT2D eigenvalue weighted by Crippen LogP contribution is -2.33. The standard InChI is InChI=1S/C11H18ClN5/c1-17-4-2-8(3-5-17)6-14-10-9(13)7-15-11(12)16-10/h7-8H,2-6,13H2,1H3,(H,14,15,16). The summed E-state index contributed by atoms with van der Waals surface area (Å²) in [6.45, 7) is 3.21. The van der Waals surface area contributed by atoms with Crippen LogP contribution in [0.15, 0.2) is 6.20 Å². The molecule has 0 atom stereocenters. The van der Waals surface area contributed by atoms with E-state index in [4.69, 9.17) is 17.3 Å². The fourth-order valence-corrected chi connectivity index (χ4v) is 2.15. The Morgan fingerprint density at radius 2 is 2.24 bits per heavy atom. The van der Waals surface area contributed by atoms with Gasteiger partial charge in [-0.2, -0.15) is 4.98 Å². The minimum absolute atomic E-state index is 0.227. The molecule has 6 heteroatoms. The molecule has 1 fully saturated rings. The molecule has 1 aromatic rings. The van der Waals surface area contributed by atoms with Crippen molar-refractivity contribution in [3.63, 3.8) is 0 Å². The van der Waals surface area contributed by atoms with Gasteiger partial charge in [-0.05, 0) is 50.5 Å². The van der Waals surface area contributed by atoms with Gasteiger partial charge in [-0.3, -0.25) is 0 Å². The molecule has 0 aliphatic carbocycles. The van der Waals surface area contributed by atoms with Crippen LogP contribution >= 0.6 is 11.6 Å². The largest absolute Gasteiger partial charge is 0.394 e. The number of piperidine rings is 1. The second-order valence-electron chi connectivity index (χ2n) is 4.57. The van der Waals surface area contributed by atoms with Crippen LogP contribution in [0.2, 0.25) is 5.28 Å². The van der Waals surface area contributed by atoms with Gasteiger partial charge in [0.25, 0.3) is 0 Å². The summed E-state index contributed by atoms with van der Waals surface area (Å²) in [5.74, 6) is 1.32. The zero-order chi connectivity index (χ0) is 12.3. The van der Waals surface area contributed by atoms with Crippen molar-refractivity contribution in [3.05, 3.63) is 11.5 Å². The third-order valence-electron chi connectivity index (χ3n) is 3.18. The molecule has 17 heavy (non-hydrogen) atoms. The van der Waals surface area contributed by atoms with Crippen molar-refractivity contribution in [1.29, 1.82) is 0 Å². The number of nitrogens with two attached hydrogens (primary N) is 1. The van der Waals surface area contributed by atoms with Crippen molar-refractivity contribution in [2.45, 2.75) is 12.8 Å². The molecule has 2 rings (SSSR count). The lowest BCUT2D eigenvalue weighted by Gasteiger charge is -2.29. The number of halogens is 1. The molecule has 0 aromatic carbocycles. The van der Waals surface area contributed by atoms with Crippen LogP contribution in [0.25, 0.3) is 0 Å². The maximum absolute atomic E-state index is 5.77. The Morgan fingerprint density at radius 1 is 1.53 bits per heavy atom. The SMILES string of the molecule is CN1CCC(CNc2nc(Cl)ncc2N)CC1. The summed E-state index contributed by atoms with van der Waals surface area (Å²) in [7, 11) is 2.16. The monoisotopic (exact) mass is 255 g/mol. The molecule has 1 aliphatic rings. The third-order valence-corrected chi connectivity index (χ3v) is 3.37. The van der Waals surface area contributed by atoms with Crippen LogP contribution in [0.4, 0.5) is 11.5 Å². The molecule has 5 nitrogen and oxygen atoms in total. The Balaban J connectivity index is 1.87. The van der Waals surface area contributed by atoms with Crippen LogP contribution in [0.5, 0.6) is 0 Å². The Kier molecular flexibility index (Phi) is 4.02. The molecule has 0 bridgehead atoms. The van der Waals surface area contributed by atoms with Crippen molar-refractivity contribution in [2.24, 2.45) is 5.92 Å². The molecule has 2 heterocycles. The van der Waals surface area contributed by atoms with Crippen molar-refractivity contribution in [2.75, 3.05) is 37.7 Å². The van der Waals surface area contributed by atoms with E-state index in [1.54, 1.807) is 0 Å². The predicted molar refractivity (Wildman–Crippen MR) is 70.2 cm³/mol. The number of rotatable bonds is 3. The molecule has 0 radical (unpaired) electrons. The quantitative estimate of drug-likeness (QED) is 0.801. The molecule has 0 spiro atoms. The average molecular weight is 256 g/mol. The van der Waals surface area contributed by atoms with Gasteiger partial charge in [-0.1, -0.05) is 0 Å². The van der Waals surface area contributed by atoms with Gasteiger partial charge in [0.15, 0.2) is 5.82 Å². The van der Waals surface area contributed by atoms with E-state index in [-0.39, 0.29) is 5.28 Å². The van der Waals surface area contributed by atoms with Gasteiger partial charge in [-0.25, -0.2) is 4.98 Å². The van der Waals surface area contributed by atoms with Gasteiger partial charge in [0, 0.05) is 6.54 Å². The van der Waals surface area contributed by atoms with Crippen molar-refractivity contribution in [3.8, 4) is 0 Å². The number of anilines is 2. The normalized spacial score (nSPS) is 18.2. The van der Waals surface area contributed by atoms with Gasteiger partial charge in [0.2, 0.25) is 5.28 Å². The molecule has 0 unspecified atom stereocenters. The highest BCUT2D eigenvalue weighted by Crippen LogP contribution is 2.19. The minimum atomic E-state index is 0.227. The van der Waals surface area contributed by atoms with E-state index < -0.39 is 0 Å². The molecular weight excluding hydrogens is 238 g/mol. The number of aromatic nitrogens is 2. The predicted octanol–water partition coefficient (Wildman–Crippen LogP) is 1.47. The van der Waals surface area contributed by atoms with Gasteiger partial charge >= 0.3 is 0 Å². The lowest BCUT2D eigenvalue weighted by molar-refractivity contribution is 0.226. The first kappa shape index (κ1) is 12.4. The first-order valence-electron chi connectivity index (χ1n) is 5.85. The average Bonchev–Trinajstić information content (AvgIpc) is 2.32. The third kappa shape index (κ3) is 3.44. The highest BCUT2D eigenvalue weighted by atomic mass is 35.5. The second-order valence-corrected chi connectivity index (χ2v) is 4.91. The number of likely N-dealkylation sites (tertiary alicyclic amines) is 1. The van der Waals surface area contributed by atoms with Crippen LogP contribution in [-0.2, 0) is 0 Å². The second kappa shape index (κ2) is 5.51. The van der Waals surface area contributed by atoms with E-state index in [1.807, 2.05) is 0 Å². The van der Waals surface area contributed by atoms with Crippen molar-refractivity contribution < 1.29 is 0 Å². The Bertz CT molecular complexity index is 376. The molecule has 0 amide bonds. The van der Waals surface area contributed by atoms with Gasteiger partial charge in [0.05, 0.1) is 11.9 Å². The van der Waals surface area contributed by atoms with Crippen molar-refractivity contribution >= 4 is 23.1 Å². The van der Waals surface area contributed by atoms with Crippen LogP contribution in [0, 0.1) is 5.92 Å². The summed E-state index contributed by atoms with van der Waals surface area (Å²) in [5.41, 5.74) is 6.32. The molecule has 1 saturated heterocycles. The number of hydrogen-bond donors (Lipinski definition) is 2. The summed E-state index contributed by atoms with van der Waals surface area (Å²) in [6, 6.07) is 0. The number of nitrogens with zero attached hydrogens (tertiary/aromatic N) is 3. The number of nitrogen functional groups attached to an aromatic ring is 1. The van der Waals surface area contributed by atoms with E-state index in [0.717, 1.165) is 19.6 Å². The molecule has 1 aliphatic heterocycles. The van der Waals surface area contributed by atoms with Crippen LogP contribution in [0.3, 0.4) is 0 Å². The zero-order valence-corrected chi connectivity index (χ0v) is 10.7. The molecule has 0 saturated carbocycles. The van der Waals surface area contributed by atoms with E-state index in [9.17, 15) is 0 Å². The fourth-order valence-electron chi connectivity index (χ4n) is 2.02. The van der Waals surface area contributed by atoms with Crippen LogP contribution < -0.4 is 11.1 Å². The smallest absolute Gasteiger partial charge is 0.224 e. The summed E-state index contributed by atoms with van der Waals surface area (Å²) >= 11 is 5.73. The number of hydrogen-bond acceptors (Lipinski definition) is 5. The minimum Gasteiger partial charge on any atom is -0.394 e. The fraction of sp³-hybridized carbons (Fsp3) is 0.636. The summed E-state index contributed by atoms with van der Waals surface area (Å²) in [4.78, 5) is 10.3. The van der Waals surface area contributed by atoms with E-state index in [0.29, 0.717) is 17.4 Å². The Labute approximate surface area is 106 Å². The molecular formula is C11H18ClN5. The van der Waals surface area contributed by atoms with Crippen molar-refractivity contribution in [1.82, 2.24) is 14.9 Å². The van der Waals surface area contributed by atoms with Gasteiger partial charge < -0.3 is 16.0 Å². The van der Waals surface area contributed by atoms with Gasteiger partial charge in [0.1, 0.15) is 0 Å². The molecule has 1 aromatic heterocycles.